The Labute approximate surface area is 143 Å². The minimum Gasteiger partial charge on any atom is -0.468 e. The van der Waals surface area contributed by atoms with E-state index in [2.05, 4.69) is 20.7 Å². The van der Waals surface area contributed by atoms with Gasteiger partial charge in [0.1, 0.15) is 5.82 Å². The van der Waals surface area contributed by atoms with Crippen molar-refractivity contribution in [2.24, 2.45) is 5.41 Å². The summed E-state index contributed by atoms with van der Waals surface area (Å²) in [6.45, 7) is 0. The Morgan fingerprint density at radius 3 is 2.78 bits per heavy atom. The van der Waals surface area contributed by atoms with Gasteiger partial charge in [-0.25, -0.2) is 17.5 Å². The van der Waals surface area contributed by atoms with Gasteiger partial charge in [-0.1, -0.05) is 18.2 Å². The first-order chi connectivity index (χ1) is 10.6. The number of hydrogen-bond donors (Lipinski definition) is 1. The lowest BCUT2D eigenvalue weighted by Gasteiger charge is -2.26. The number of hydrogen-bond acceptors (Lipinski definition) is 4. The molecule has 2 rings (SSSR count). The molecule has 8 heteroatoms. The van der Waals surface area contributed by atoms with Crippen molar-refractivity contribution in [2.75, 3.05) is 13.4 Å². The molecule has 0 fully saturated rings. The molecule has 0 aliphatic heterocycles. The maximum Gasteiger partial charge on any atom is 0.316 e. The number of methoxy groups -OCH3 is 1. The highest BCUT2D eigenvalue weighted by atomic mass is 79.9. The molecular formula is C15H17BrFNO4S. The topological polar surface area (TPSA) is 72.5 Å². The molecule has 126 valence electrons. The lowest BCUT2D eigenvalue weighted by atomic mass is 9.80. The lowest BCUT2D eigenvalue weighted by molar-refractivity contribution is -0.149. The molecule has 0 amide bonds. The molecule has 1 aliphatic rings. The first-order valence-electron chi connectivity index (χ1n) is 6.84. The molecule has 0 bridgehead atoms. The van der Waals surface area contributed by atoms with Crippen molar-refractivity contribution in [3.63, 3.8) is 0 Å². The van der Waals surface area contributed by atoms with Gasteiger partial charge in [-0.3, -0.25) is 4.79 Å². The van der Waals surface area contributed by atoms with Gasteiger partial charge in [0.05, 0.1) is 23.3 Å². The van der Waals surface area contributed by atoms with E-state index in [1.807, 2.05) is 0 Å². The number of sulfonamides is 1. The molecule has 0 radical (unpaired) electrons. The van der Waals surface area contributed by atoms with Gasteiger partial charge in [0.2, 0.25) is 10.0 Å². The summed E-state index contributed by atoms with van der Waals surface area (Å²) in [7, 11) is -2.10. The first-order valence-corrected chi connectivity index (χ1v) is 9.53. The summed E-state index contributed by atoms with van der Waals surface area (Å²) in [5.41, 5.74) is -0.234. The fraction of sp³-hybridized carbons (Fsp3) is 0.400. The fourth-order valence-corrected chi connectivity index (χ4v) is 3.89. The smallest absolute Gasteiger partial charge is 0.316 e. The van der Waals surface area contributed by atoms with Crippen LogP contribution in [0, 0.1) is 11.2 Å². The number of ether oxygens (including phenoxy) is 1. The van der Waals surface area contributed by atoms with Crippen LogP contribution in [0.25, 0.3) is 0 Å². The fourth-order valence-electron chi connectivity index (χ4n) is 2.76. The number of halogens is 2. The highest BCUT2D eigenvalue weighted by Gasteiger charge is 2.43. The van der Waals surface area contributed by atoms with Gasteiger partial charge in [-0.2, -0.15) is 0 Å². The van der Waals surface area contributed by atoms with Crippen molar-refractivity contribution >= 4 is 31.9 Å². The zero-order chi connectivity index (χ0) is 17.3. The molecule has 0 saturated carbocycles. The number of nitrogens with one attached hydrogen (secondary N) is 1. The highest BCUT2D eigenvalue weighted by molar-refractivity contribution is 9.10. The Balaban J connectivity index is 2.26. The lowest BCUT2D eigenvalue weighted by Crippen LogP contribution is -2.38. The quantitative estimate of drug-likeness (QED) is 0.601. The van der Waals surface area contributed by atoms with Gasteiger partial charge >= 0.3 is 5.97 Å². The second-order valence-corrected chi connectivity index (χ2v) is 8.27. The van der Waals surface area contributed by atoms with Crippen LogP contribution in [0.2, 0.25) is 0 Å². The Morgan fingerprint density at radius 2 is 2.22 bits per heavy atom. The molecule has 0 saturated heterocycles. The maximum absolute atomic E-state index is 13.4. The summed E-state index contributed by atoms with van der Waals surface area (Å²) >= 11 is 3.12. The molecule has 5 nitrogen and oxygen atoms in total. The first kappa shape index (κ1) is 18.1. The summed E-state index contributed by atoms with van der Waals surface area (Å²) in [5.74, 6) is -0.841. The molecule has 0 heterocycles. The summed E-state index contributed by atoms with van der Waals surface area (Å²) in [5, 5.41) is 0. The second kappa shape index (κ2) is 6.70. The van der Waals surface area contributed by atoms with Crippen LogP contribution in [0.4, 0.5) is 4.39 Å². The van der Waals surface area contributed by atoms with Crippen LogP contribution in [-0.2, 0) is 26.0 Å². The monoisotopic (exact) mass is 405 g/mol. The van der Waals surface area contributed by atoms with Crippen LogP contribution in [0.15, 0.2) is 34.8 Å². The molecule has 1 aromatic carbocycles. The zero-order valence-electron chi connectivity index (χ0n) is 12.7. The molecular weight excluding hydrogens is 389 g/mol. The van der Waals surface area contributed by atoms with E-state index >= 15 is 0 Å². The van der Waals surface area contributed by atoms with Crippen LogP contribution in [0.3, 0.4) is 0 Å². The normalized spacial score (nSPS) is 23.9. The molecule has 0 spiro atoms. The minimum atomic E-state index is -3.39. The largest absolute Gasteiger partial charge is 0.468 e. The number of rotatable bonds is 5. The third-order valence-electron chi connectivity index (χ3n) is 3.69. The van der Waals surface area contributed by atoms with Gasteiger partial charge in [0.15, 0.2) is 0 Å². The summed E-state index contributed by atoms with van der Waals surface area (Å²) in [4.78, 5) is 12.3. The van der Waals surface area contributed by atoms with Crippen LogP contribution in [0.5, 0.6) is 0 Å². The van der Waals surface area contributed by atoms with Crippen molar-refractivity contribution in [1.29, 1.82) is 0 Å². The van der Waals surface area contributed by atoms with E-state index in [9.17, 15) is 17.6 Å². The van der Waals surface area contributed by atoms with Crippen LogP contribution in [0.1, 0.15) is 12.0 Å². The highest BCUT2D eigenvalue weighted by Crippen LogP contribution is 2.38. The van der Waals surface area contributed by atoms with Crippen LogP contribution in [-0.4, -0.2) is 33.8 Å². The maximum atomic E-state index is 13.4. The van der Waals surface area contributed by atoms with Gasteiger partial charge in [0, 0.05) is 6.04 Å². The van der Waals surface area contributed by atoms with E-state index < -0.39 is 27.4 Å². The molecule has 1 aliphatic carbocycles. The molecule has 0 unspecified atom stereocenters. The average molecular weight is 406 g/mol. The second-order valence-electron chi connectivity index (χ2n) is 5.63. The van der Waals surface area contributed by atoms with Gasteiger partial charge in [-0.05, 0) is 46.5 Å². The van der Waals surface area contributed by atoms with E-state index in [0.29, 0.717) is 4.47 Å². The number of carbonyl (C=O) groups excluding carboxylic acids is 1. The van der Waals surface area contributed by atoms with Crippen LogP contribution >= 0.6 is 15.9 Å². The molecule has 2 atom stereocenters. The van der Waals surface area contributed by atoms with Gasteiger partial charge in [0.25, 0.3) is 0 Å². The Bertz CT molecular complexity index is 750. The third kappa shape index (κ3) is 4.39. The van der Waals surface area contributed by atoms with E-state index in [1.165, 1.54) is 13.2 Å². The number of carbonyl (C=O) groups is 1. The summed E-state index contributed by atoms with van der Waals surface area (Å²) < 4.78 is 43.8. The predicted octanol–water partition coefficient (Wildman–Crippen LogP) is 2.17. The number of benzene rings is 1. The zero-order valence-corrected chi connectivity index (χ0v) is 15.1. The standard InChI is InChI=1S/C15H17BrFNO4S/c1-22-14(19)15(6-5-11(9-15)18-23(2,20)21)8-10-3-4-13(17)12(16)7-10/h3-7,11,18H,8-9H2,1-2H3/t11-,15+/m0/s1. The van der Waals surface area contributed by atoms with Crippen molar-refractivity contribution < 1.29 is 22.3 Å². The summed E-state index contributed by atoms with van der Waals surface area (Å²) in [6.07, 6.45) is 4.92. The number of esters is 1. The Morgan fingerprint density at radius 1 is 1.52 bits per heavy atom. The van der Waals surface area contributed by atoms with Crippen molar-refractivity contribution in [3.05, 3.63) is 46.2 Å². The van der Waals surface area contributed by atoms with E-state index in [1.54, 1.807) is 24.3 Å². The molecule has 0 aromatic heterocycles. The molecule has 23 heavy (non-hydrogen) atoms. The predicted molar refractivity (Wildman–Crippen MR) is 87.8 cm³/mol. The molecule has 1 N–H and O–H groups in total. The average Bonchev–Trinajstić information content (AvgIpc) is 2.84. The SMILES string of the molecule is COC(=O)[C@@]1(Cc2ccc(F)c(Br)c2)C=C[C@H](NS(C)(=O)=O)C1. The third-order valence-corrected chi connectivity index (χ3v) is 5.03. The van der Waals surface area contributed by atoms with Gasteiger partial charge in [-0.15, -0.1) is 0 Å². The van der Waals surface area contributed by atoms with E-state index in [-0.39, 0.29) is 18.7 Å². The molecule has 1 aromatic rings. The van der Waals surface area contributed by atoms with Gasteiger partial charge < -0.3 is 4.74 Å². The van der Waals surface area contributed by atoms with Crippen molar-refractivity contribution in [2.45, 2.75) is 18.9 Å². The van der Waals surface area contributed by atoms with E-state index in [4.69, 9.17) is 4.74 Å². The van der Waals surface area contributed by atoms with Crippen molar-refractivity contribution in [1.82, 2.24) is 4.72 Å². The Kier molecular flexibility index (Phi) is 5.27. The van der Waals surface area contributed by atoms with Crippen LogP contribution < -0.4 is 4.72 Å². The minimum absolute atomic E-state index is 0.252. The van der Waals surface area contributed by atoms with E-state index in [0.717, 1.165) is 11.8 Å². The summed E-state index contributed by atoms with van der Waals surface area (Å²) in [6, 6.07) is 4.03. The Hall–Kier alpha value is -1.25. The van der Waals surface area contributed by atoms with Crippen molar-refractivity contribution in [3.8, 4) is 0 Å².